The van der Waals surface area contributed by atoms with Crippen LogP contribution in [0.25, 0.3) is 11.0 Å². The number of rotatable bonds is 9. The molecule has 35 heavy (non-hydrogen) atoms. The first kappa shape index (κ1) is 24.3. The maximum atomic E-state index is 12.9. The number of aromatic nitrogens is 2. The summed E-state index contributed by atoms with van der Waals surface area (Å²) in [5.41, 5.74) is 2.67. The highest BCUT2D eigenvalue weighted by molar-refractivity contribution is 7.92. The number of imidazole rings is 1. The Kier molecular flexibility index (Phi) is 7.07. The molecule has 0 saturated heterocycles. The highest BCUT2D eigenvalue weighted by atomic mass is 32.2. The van der Waals surface area contributed by atoms with Crippen molar-refractivity contribution in [3.05, 3.63) is 84.2 Å². The van der Waals surface area contributed by atoms with E-state index in [-0.39, 0.29) is 16.8 Å². The minimum absolute atomic E-state index is 0.0590. The summed E-state index contributed by atoms with van der Waals surface area (Å²) >= 11 is 0. The molecule has 0 aliphatic carbocycles. The summed E-state index contributed by atoms with van der Waals surface area (Å²) in [6.07, 6.45) is 0. The quantitative estimate of drug-likeness (QED) is 0.351. The number of amides is 1. The van der Waals surface area contributed by atoms with E-state index in [9.17, 15) is 13.2 Å². The molecule has 0 aliphatic rings. The van der Waals surface area contributed by atoms with E-state index in [0.717, 1.165) is 23.4 Å². The summed E-state index contributed by atoms with van der Waals surface area (Å²) in [6, 6.07) is 20.0. The largest absolute Gasteiger partial charge is 0.494 e. The highest BCUT2D eigenvalue weighted by Gasteiger charge is 2.20. The lowest BCUT2D eigenvalue weighted by atomic mass is 10.2. The van der Waals surface area contributed by atoms with Crippen LogP contribution in [0, 0.1) is 0 Å². The first-order chi connectivity index (χ1) is 16.8. The maximum Gasteiger partial charge on any atom is 0.261 e. The number of carbonyl (C=O) groups excluding carboxylic acids is 1. The molecule has 0 saturated carbocycles. The van der Waals surface area contributed by atoms with Crippen LogP contribution in [0.5, 0.6) is 5.75 Å². The molecule has 0 bridgehead atoms. The van der Waals surface area contributed by atoms with Gasteiger partial charge in [-0.25, -0.2) is 13.4 Å². The predicted molar refractivity (Wildman–Crippen MR) is 136 cm³/mol. The Labute approximate surface area is 205 Å². The fraction of sp³-hybridized carbons (Fsp3) is 0.231. The zero-order chi connectivity index (χ0) is 25.0. The van der Waals surface area contributed by atoms with Gasteiger partial charge < -0.3 is 14.6 Å². The molecule has 1 aromatic heterocycles. The zero-order valence-electron chi connectivity index (χ0n) is 19.9. The van der Waals surface area contributed by atoms with Gasteiger partial charge in [-0.15, -0.1) is 0 Å². The van der Waals surface area contributed by atoms with Gasteiger partial charge in [0.1, 0.15) is 11.6 Å². The second-order valence-corrected chi connectivity index (χ2v) is 9.67. The molecule has 182 valence electrons. The summed E-state index contributed by atoms with van der Waals surface area (Å²) in [6.45, 7) is 7.05. The SMILES string of the molecule is CCOc1ccc(NS(=O)(=O)c2ccc(C(=O)NC(C)c3nc4ccccc4n3CC)cc2)cc1. The highest BCUT2D eigenvalue weighted by Crippen LogP contribution is 2.22. The number of anilines is 1. The number of fused-ring (bicyclic) bond motifs is 1. The van der Waals surface area contributed by atoms with Crippen LogP contribution in [-0.2, 0) is 16.6 Å². The Bertz CT molecular complexity index is 1430. The van der Waals surface area contributed by atoms with Crippen LogP contribution in [-0.4, -0.2) is 30.5 Å². The fourth-order valence-electron chi connectivity index (χ4n) is 3.89. The number of hydrogen-bond acceptors (Lipinski definition) is 5. The molecule has 0 fully saturated rings. The number of carbonyl (C=O) groups is 1. The number of aryl methyl sites for hydroxylation is 1. The van der Waals surface area contributed by atoms with Crippen molar-refractivity contribution in [1.82, 2.24) is 14.9 Å². The Hall–Kier alpha value is -3.85. The molecule has 0 aliphatic heterocycles. The molecule has 0 radical (unpaired) electrons. The van der Waals surface area contributed by atoms with E-state index < -0.39 is 10.0 Å². The normalized spacial score (nSPS) is 12.3. The van der Waals surface area contributed by atoms with Crippen LogP contribution < -0.4 is 14.8 Å². The summed E-state index contributed by atoms with van der Waals surface area (Å²) in [5.74, 6) is 1.12. The van der Waals surface area contributed by atoms with Crippen molar-refractivity contribution >= 4 is 32.7 Å². The number of benzene rings is 3. The lowest BCUT2D eigenvalue weighted by Gasteiger charge is -2.15. The monoisotopic (exact) mass is 492 g/mol. The molecule has 9 heteroatoms. The van der Waals surface area contributed by atoms with Crippen LogP contribution in [0.15, 0.2) is 77.7 Å². The van der Waals surface area contributed by atoms with Crippen molar-refractivity contribution in [2.24, 2.45) is 0 Å². The Morgan fingerprint density at radius 3 is 2.34 bits per heavy atom. The second-order valence-electron chi connectivity index (χ2n) is 7.99. The molecule has 1 amide bonds. The molecular weight excluding hydrogens is 464 g/mol. The third-order valence-electron chi connectivity index (χ3n) is 5.58. The molecule has 8 nitrogen and oxygen atoms in total. The van der Waals surface area contributed by atoms with Crippen LogP contribution >= 0.6 is 0 Å². The third kappa shape index (κ3) is 5.30. The van der Waals surface area contributed by atoms with Gasteiger partial charge in [-0.3, -0.25) is 9.52 Å². The van der Waals surface area contributed by atoms with Crippen LogP contribution in [0.2, 0.25) is 0 Å². The van der Waals surface area contributed by atoms with Gasteiger partial charge >= 0.3 is 0 Å². The average Bonchev–Trinajstić information content (AvgIpc) is 3.24. The molecule has 1 heterocycles. The van der Waals surface area contributed by atoms with E-state index in [1.165, 1.54) is 24.3 Å². The molecule has 4 aromatic rings. The summed E-state index contributed by atoms with van der Waals surface area (Å²) in [5, 5.41) is 2.96. The summed E-state index contributed by atoms with van der Waals surface area (Å²) in [7, 11) is -3.81. The number of para-hydroxylation sites is 2. The van der Waals surface area contributed by atoms with Gasteiger partial charge in [-0.1, -0.05) is 12.1 Å². The maximum absolute atomic E-state index is 12.9. The van der Waals surface area contributed by atoms with Gasteiger partial charge in [0.15, 0.2) is 0 Å². The Morgan fingerprint density at radius 1 is 1.00 bits per heavy atom. The zero-order valence-corrected chi connectivity index (χ0v) is 20.7. The molecule has 3 aromatic carbocycles. The minimum atomic E-state index is -3.81. The lowest BCUT2D eigenvalue weighted by molar-refractivity contribution is 0.0937. The number of nitrogens with one attached hydrogen (secondary N) is 2. The van der Waals surface area contributed by atoms with Crippen molar-refractivity contribution in [3.63, 3.8) is 0 Å². The van der Waals surface area contributed by atoms with Crippen molar-refractivity contribution in [2.75, 3.05) is 11.3 Å². The van der Waals surface area contributed by atoms with Crippen molar-refractivity contribution in [2.45, 2.75) is 38.3 Å². The number of nitrogens with zero attached hydrogens (tertiary/aromatic N) is 2. The van der Waals surface area contributed by atoms with E-state index >= 15 is 0 Å². The van der Waals surface area contributed by atoms with Gasteiger partial charge in [0, 0.05) is 17.8 Å². The number of sulfonamides is 1. The van der Waals surface area contributed by atoms with Gasteiger partial charge in [-0.05, 0) is 81.4 Å². The molecule has 1 unspecified atom stereocenters. The lowest BCUT2D eigenvalue weighted by Crippen LogP contribution is -2.28. The van der Waals surface area contributed by atoms with E-state index in [0.29, 0.717) is 23.6 Å². The van der Waals surface area contributed by atoms with Crippen LogP contribution in [0.3, 0.4) is 0 Å². The molecular formula is C26H28N4O4S. The van der Waals surface area contributed by atoms with Crippen molar-refractivity contribution in [3.8, 4) is 5.75 Å². The topological polar surface area (TPSA) is 102 Å². The van der Waals surface area contributed by atoms with E-state index in [1.54, 1.807) is 24.3 Å². The predicted octanol–water partition coefficient (Wildman–Crippen LogP) is 4.75. The van der Waals surface area contributed by atoms with Gasteiger partial charge in [-0.2, -0.15) is 0 Å². The molecule has 2 N–H and O–H groups in total. The standard InChI is InChI=1S/C26H28N4O4S/c1-4-30-24-9-7-6-8-23(24)28-25(30)18(3)27-26(31)19-10-16-22(17-11-19)35(32,33)29-20-12-14-21(15-13-20)34-5-2/h6-18,29H,4-5H2,1-3H3,(H,27,31). The average molecular weight is 493 g/mol. The number of ether oxygens (including phenoxy) is 1. The van der Waals surface area contributed by atoms with Gasteiger partial charge in [0.25, 0.3) is 15.9 Å². The Balaban J connectivity index is 1.46. The minimum Gasteiger partial charge on any atom is -0.494 e. The van der Waals surface area contributed by atoms with Gasteiger partial charge in [0.05, 0.1) is 28.6 Å². The Morgan fingerprint density at radius 2 is 1.69 bits per heavy atom. The van der Waals surface area contributed by atoms with Crippen LogP contribution in [0.4, 0.5) is 5.69 Å². The van der Waals surface area contributed by atoms with Gasteiger partial charge in [0.2, 0.25) is 0 Å². The smallest absolute Gasteiger partial charge is 0.261 e. The fourth-order valence-corrected chi connectivity index (χ4v) is 4.95. The first-order valence-electron chi connectivity index (χ1n) is 11.4. The second kappa shape index (κ2) is 10.2. The summed E-state index contributed by atoms with van der Waals surface area (Å²) in [4.78, 5) is 17.6. The van der Waals surface area contributed by atoms with E-state index in [4.69, 9.17) is 4.74 Å². The molecule has 4 rings (SSSR count). The number of hydrogen-bond donors (Lipinski definition) is 2. The molecule has 0 spiro atoms. The summed E-state index contributed by atoms with van der Waals surface area (Å²) < 4.78 is 35.5. The van der Waals surface area contributed by atoms with E-state index in [2.05, 4.69) is 19.6 Å². The van der Waals surface area contributed by atoms with E-state index in [1.807, 2.05) is 45.0 Å². The van der Waals surface area contributed by atoms with Crippen molar-refractivity contribution < 1.29 is 17.9 Å². The van der Waals surface area contributed by atoms with Crippen LogP contribution in [0.1, 0.15) is 43.0 Å². The first-order valence-corrected chi connectivity index (χ1v) is 12.9. The molecule has 1 atom stereocenters. The van der Waals surface area contributed by atoms with Crippen molar-refractivity contribution in [1.29, 1.82) is 0 Å². The third-order valence-corrected chi connectivity index (χ3v) is 6.98.